The molecule has 0 bridgehead atoms. The number of rotatable bonds is 2. The Labute approximate surface area is 91.9 Å². The van der Waals surface area contributed by atoms with Crippen molar-refractivity contribution in [3.8, 4) is 0 Å². The molecule has 17 heavy (non-hydrogen) atoms. The van der Waals surface area contributed by atoms with E-state index < -0.39 is 0 Å². The maximum atomic E-state index is 8.06. The fourth-order valence-electron chi connectivity index (χ4n) is 0.912. The van der Waals surface area contributed by atoms with Gasteiger partial charge in [-0.25, -0.2) is 0 Å². The molecule has 1 aromatic heterocycles. The molecular weight excluding hydrogens is 256 g/mol. The van der Waals surface area contributed by atoms with Gasteiger partial charge in [0, 0.05) is 45.6 Å². The van der Waals surface area contributed by atoms with Crippen molar-refractivity contribution in [3.63, 3.8) is 0 Å². The lowest BCUT2D eigenvalue weighted by Crippen LogP contribution is -1.86. The summed E-state index contributed by atoms with van der Waals surface area (Å²) in [5, 5.41) is 7.54. The minimum atomic E-state index is 0.385. The van der Waals surface area contributed by atoms with Gasteiger partial charge in [0.15, 0.2) is 0 Å². The van der Waals surface area contributed by atoms with E-state index in [-0.39, 0.29) is 0 Å². The first-order valence-electron chi connectivity index (χ1n) is 3.67. The molecule has 0 amide bonds. The molecule has 0 aliphatic heterocycles. The lowest BCUT2D eigenvalue weighted by Gasteiger charge is -1.86. The van der Waals surface area contributed by atoms with Crippen molar-refractivity contribution in [2.75, 3.05) is 0 Å². The van der Waals surface area contributed by atoms with E-state index in [9.17, 15) is 0 Å². The summed E-state index contributed by atoms with van der Waals surface area (Å²) in [6, 6.07) is 0. The van der Waals surface area contributed by atoms with Crippen molar-refractivity contribution in [1.82, 2.24) is 9.78 Å². The first-order chi connectivity index (χ1) is 8.24. The second-order valence-corrected chi connectivity index (χ2v) is 2.30. The third-order valence-electron chi connectivity index (χ3n) is 1.42. The van der Waals surface area contributed by atoms with Crippen LogP contribution in [-0.2, 0) is 13.6 Å². The molecule has 0 saturated carbocycles. The minimum Gasteiger partial charge on any atom is -0.275 e. The molecule has 0 spiro atoms. The molecule has 0 fully saturated rings. The summed E-state index contributed by atoms with van der Waals surface area (Å²) >= 11 is 0. The van der Waals surface area contributed by atoms with Crippen molar-refractivity contribution in [1.29, 1.82) is 0 Å². The molecule has 1 rings (SSSR count). The summed E-state index contributed by atoms with van der Waals surface area (Å²) in [7, 11) is 1.84. The number of nitrogens with zero attached hydrogens (tertiary/aromatic N) is 5. The van der Waals surface area contributed by atoms with Gasteiger partial charge in [-0.1, -0.05) is 5.11 Å². The summed E-state index contributed by atoms with van der Waals surface area (Å²) in [5.74, 6) is 0. The Morgan fingerprint density at radius 2 is 1.76 bits per heavy atom. The van der Waals surface area contributed by atoms with E-state index in [0.29, 0.717) is 6.54 Å². The van der Waals surface area contributed by atoms with Crippen molar-refractivity contribution in [2.45, 2.75) is 13.5 Å². The van der Waals surface area contributed by atoms with E-state index in [4.69, 9.17) is 33.0 Å². The van der Waals surface area contributed by atoms with E-state index in [1.165, 1.54) is 0 Å². The average molecular weight is 265 g/mol. The fraction of sp³-hybridized carbons (Fsp3) is 0.500. The lowest BCUT2D eigenvalue weighted by molar-refractivity contribution is 0.108. The van der Waals surface area contributed by atoms with Crippen molar-refractivity contribution in [3.05, 3.63) is 27.9 Å². The van der Waals surface area contributed by atoms with Crippen LogP contribution in [-0.4, -0.2) is 9.78 Å². The summed E-state index contributed by atoms with van der Waals surface area (Å²) in [6.45, 7) is 2.28. The van der Waals surface area contributed by atoms with Crippen LogP contribution in [0.5, 0.6) is 0 Å². The van der Waals surface area contributed by atoms with Crippen LogP contribution in [0.3, 0.4) is 0 Å². The van der Waals surface area contributed by atoms with Crippen molar-refractivity contribution < 1.29 is 27.4 Å². The first kappa shape index (κ1) is 20.5. The highest BCUT2D eigenvalue weighted by atomic mass is 20.0. The SMILES string of the molecule is Cc1nn(C)cc1CN=[N+]=[N-].FF.FF.FF. The Kier molecular flexibility index (Phi) is 19.9. The van der Waals surface area contributed by atoms with Gasteiger partial charge >= 0.3 is 0 Å². The molecule has 0 aliphatic rings. The second-order valence-electron chi connectivity index (χ2n) is 2.30. The van der Waals surface area contributed by atoms with Gasteiger partial charge in [-0.2, -0.15) is 5.10 Å². The first-order valence-corrected chi connectivity index (χ1v) is 3.67. The molecule has 1 aromatic rings. The highest BCUT2D eigenvalue weighted by Gasteiger charge is 1.99. The molecule has 0 aromatic carbocycles. The van der Waals surface area contributed by atoms with Crippen LogP contribution in [0.15, 0.2) is 11.3 Å². The standard InChI is InChI=1S/C6H9N5.3F2/c1-5-6(3-8-10-7)4-11(2)9-5;3*1-2/h4H,3H2,1-2H3;;;. The van der Waals surface area contributed by atoms with E-state index in [2.05, 4.69) is 15.1 Å². The van der Waals surface area contributed by atoms with Crippen LogP contribution in [0.2, 0.25) is 0 Å². The van der Waals surface area contributed by atoms with Crippen LogP contribution >= 0.6 is 0 Å². The number of hydrogen-bond donors (Lipinski definition) is 0. The highest BCUT2D eigenvalue weighted by molar-refractivity contribution is 5.14. The van der Waals surface area contributed by atoms with Gasteiger partial charge in [0.05, 0.1) is 12.2 Å². The van der Waals surface area contributed by atoms with Gasteiger partial charge in [-0.3, -0.25) is 4.68 Å². The third kappa shape index (κ3) is 10.4. The largest absolute Gasteiger partial charge is 0.275 e. The van der Waals surface area contributed by atoms with Crippen molar-refractivity contribution in [2.24, 2.45) is 12.2 Å². The predicted octanol–water partition coefficient (Wildman–Crippen LogP) is 4.06. The molecule has 1 heterocycles. The van der Waals surface area contributed by atoms with Gasteiger partial charge in [0.1, 0.15) is 0 Å². The van der Waals surface area contributed by atoms with Crippen LogP contribution < -0.4 is 0 Å². The lowest BCUT2D eigenvalue weighted by atomic mass is 10.3. The summed E-state index contributed by atoms with van der Waals surface area (Å²) in [6.07, 6.45) is 1.85. The molecule has 0 atom stereocenters. The molecule has 100 valence electrons. The molecule has 11 heteroatoms. The summed E-state index contributed by atoms with van der Waals surface area (Å²) < 4.78 is 49.7. The Hall–Kier alpha value is -1.90. The number of halogens is 6. The molecule has 0 unspecified atom stereocenters. The molecule has 0 aliphatic carbocycles. The van der Waals surface area contributed by atoms with E-state index in [1.54, 1.807) is 4.68 Å². The smallest absolute Gasteiger partial charge is 0.0626 e. The summed E-state index contributed by atoms with van der Waals surface area (Å²) in [5.41, 5.74) is 9.95. The van der Waals surface area contributed by atoms with Crippen LogP contribution in [0.25, 0.3) is 10.4 Å². The molecule has 5 nitrogen and oxygen atoms in total. The zero-order valence-corrected chi connectivity index (χ0v) is 8.79. The number of aryl methyl sites for hydroxylation is 2. The number of hydrogen-bond acceptors (Lipinski definition) is 2. The average Bonchev–Trinajstić information content (AvgIpc) is 2.72. The Bertz CT molecular complexity index is 310. The van der Waals surface area contributed by atoms with Crippen molar-refractivity contribution >= 4 is 0 Å². The normalized spacial score (nSPS) is 7.06. The van der Waals surface area contributed by atoms with Gasteiger partial charge in [0.25, 0.3) is 0 Å². The molecule has 0 N–H and O–H groups in total. The quantitative estimate of drug-likeness (QED) is 0.344. The highest BCUT2D eigenvalue weighted by Crippen LogP contribution is 2.05. The van der Waals surface area contributed by atoms with Crippen LogP contribution in [0, 0.1) is 6.92 Å². The maximum absolute atomic E-state index is 8.06. The van der Waals surface area contributed by atoms with Gasteiger partial charge in [0.2, 0.25) is 0 Å². The van der Waals surface area contributed by atoms with E-state index >= 15 is 0 Å². The molecular formula is C6H9F6N5. The number of azide groups is 1. The fourth-order valence-corrected chi connectivity index (χ4v) is 0.912. The Balaban J connectivity index is -0.000000285. The zero-order chi connectivity index (χ0) is 14.3. The monoisotopic (exact) mass is 265 g/mol. The molecule has 0 radical (unpaired) electrons. The third-order valence-corrected chi connectivity index (χ3v) is 1.42. The van der Waals surface area contributed by atoms with Gasteiger partial charge < -0.3 is 0 Å². The Morgan fingerprint density at radius 3 is 2.06 bits per heavy atom. The van der Waals surface area contributed by atoms with E-state index in [0.717, 1.165) is 11.3 Å². The van der Waals surface area contributed by atoms with Crippen LogP contribution in [0.1, 0.15) is 11.3 Å². The maximum Gasteiger partial charge on any atom is 0.0626 e. The second kappa shape index (κ2) is 16.5. The Morgan fingerprint density at radius 1 is 1.29 bits per heavy atom. The number of aromatic nitrogens is 2. The predicted molar refractivity (Wildman–Crippen MR) is 47.4 cm³/mol. The topological polar surface area (TPSA) is 66.6 Å². The van der Waals surface area contributed by atoms with E-state index in [1.807, 2.05) is 20.2 Å². The van der Waals surface area contributed by atoms with Crippen LogP contribution in [0.4, 0.5) is 27.4 Å². The minimum absolute atomic E-state index is 0.385. The summed E-state index contributed by atoms with van der Waals surface area (Å²) in [4.78, 5) is 2.67. The van der Waals surface area contributed by atoms with Gasteiger partial charge in [-0.15, -0.1) is 0 Å². The van der Waals surface area contributed by atoms with Gasteiger partial charge in [-0.05, 0) is 18.0 Å². The zero-order valence-electron chi connectivity index (χ0n) is 8.79. The molecule has 0 saturated heterocycles.